The van der Waals surface area contributed by atoms with Crippen LogP contribution in [0.1, 0.15) is 17.3 Å². The molecule has 0 aliphatic heterocycles. The molecule has 2 heterocycles. The number of nitrogens with zero attached hydrogens (tertiary/aromatic N) is 4. The monoisotopic (exact) mass is 328 g/mol. The largest absolute Gasteiger partial charge is 0.308 e. The molecule has 8 heteroatoms. The summed E-state index contributed by atoms with van der Waals surface area (Å²) in [5.74, 6) is 5.71. The number of rotatable bonds is 6. The summed E-state index contributed by atoms with van der Waals surface area (Å²) in [4.78, 5) is 6.16. The predicted molar refractivity (Wildman–Crippen MR) is 84.2 cm³/mol. The minimum Gasteiger partial charge on any atom is -0.308 e. The minimum absolute atomic E-state index is 0.299. The second kappa shape index (κ2) is 7.20. The summed E-state index contributed by atoms with van der Waals surface area (Å²) in [6.07, 6.45) is 3.30. The number of hydrogen-bond acceptors (Lipinski definition) is 5. The Labute approximate surface area is 133 Å². The Morgan fingerprint density at radius 3 is 2.67 bits per heavy atom. The number of pyridine rings is 1. The molecule has 0 bridgehead atoms. The molecular formula is C13H18Cl2N6. The third kappa shape index (κ3) is 3.93. The van der Waals surface area contributed by atoms with Crippen LogP contribution < -0.4 is 11.3 Å². The highest BCUT2D eigenvalue weighted by molar-refractivity contribution is 6.31. The van der Waals surface area contributed by atoms with Crippen LogP contribution in [0.4, 0.5) is 0 Å². The van der Waals surface area contributed by atoms with Gasteiger partial charge in [-0.25, -0.2) is 10.4 Å². The molecule has 2 aromatic rings. The fourth-order valence-electron chi connectivity index (χ4n) is 2.02. The quantitative estimate of drug-likeness (QED) is 0.479. The summed E-state index contributed by atoms with van der Waals surface area (Å²) in [5.41, 5.74) is 4.45. The second-order valence-corrected chi connectivity index (χ2v) is 5.71. The molecule has 6 nitrogen and oxygen atoms in total. The number of hydrazine groups is 1. The number of nitrogens with one attached hydrogen (secondary N) is 1. The van der Waals surface area contributed by atoms with Crippen molar-refractivity contribution in [3.8, 4) is 0 Å². The summed E-state index contributed by atoms with van der Waals surface area (Å²) < 4.78 is 1.85. The van der Waals surface area contributed by atoms with E-state index in [2.05, 4.69) is 20.4 Å². The topological polar surface area (TPSA) is 72.0 Å². The first kappa shape index (κ1) is 16.2. The highest BCUT2D eigenvalue weighted by Gasteiger charge is 2.21. The standard InChI is InChI=1S/C13H18Cl2N6/c1-20(2)5-6-21-13(10(14)8-18-21)12(19-16)9-3-4-11(15)17-7-9/h3-4,7-8,12,19H,5-6,16H2,1-2H3. The van der Waals surface area contributed by atoms with E-state index in [-0.39, 0.29) is 6.04 Å². The van der Waals surface area contributed by atoms with E-state index in [1.54, 1.807) is 18.5 Å². The Kier molecular flexibility index (Phi) is 5.55. The molecule has 21 heavy (non-hydrogen) atoms. The minimum atomic E-state index is -0.299. The van der Waals surface area contributed by atoms with Gasteiger partial charge in [-0.05, 0) is 25.7 Å². The first-order valence-corrected chi connectivity index (χ1v) is 7.22. The lowest BCUT2D eigenvalue weighted by molar-refractivity contribution is 0.365. The van der Waals surface area contributed by atoms with E-state index in [0.717, 1.165) is 17.8 Å². The number of aromatic nitrogens is 3. The van der Waals surface area contributed by atoms with Crippen molar-refractivity contribution in [3.63, 3.8) is 0 Å². The van der Waals surface area contributed by atoms with Gasteiger partial charge in [0.15, 0.2) is 0 Å². The molecule has 1 atom stereocenters. The fourth-order valence-corrected chi connectivity index (χ4v) is 2.38. The maximum atomic E-state index is 6.28. The van der Waals surface area contributed by atoms with Gasteiger partial charge in [-0.3, -0.25) is 10.5 Å². The van der Waals surface area contributed by atoms with E-state index in [0.29, 0.717) is 16.7 Å². The van der Waals surface area contributed by atoms with Gasteiger partial charge in [0.2, 0.25) is 0 Å². The predicted octanol–water partition coefficient (Wildman–Crippen LogP) is 1.70. The molecule has 0 aliphatic carbocycles. The number of likely N-dealkylation sites (N-methyl/N-ethyl adjacent to an activating group) is 1. The molecule has 0 saturated heterocycles. The van der Waals surface area contributed by atoms with Gasteiger partial charge in [-0.15, -0.1) is 0 Å². The van der Waals surface area contributed by atoms with E-state index < -0.39 is 0 Å². The van der Waals surface area contributed by atoms with Crippen molar-refractivity contribution in [2.75, 3.05) is 20.6 Å². The van der Waals surface area contributed by atoms with Gasteiger partial charge in [0.1, 0.15) is 5.15 Å². The summed E-state index contributed by atoms with van der Waals surface area (Å²) in [6.45, 7) is 1.56. The summed E-state index contributed by atoms with van der Waals surface area (Å²) in [6, 6.07) is 3.28. The average molecular weight is 329 g/mol. The van der Waals surface area contributed by atoms with Crippen LogP contribution >= 0.6 is 23.2 Å². The maximum Gasteiger partial charge on any atom is 0.129 e. The van der Waals surface area contributed by atoms with Gasteiger partial charge in [-0.2, -0.15) is 5.10 Å². The van der Waals surface area contributed by atoms with Crippen LogP contribution in [0.5, 0.6) is 0 Å². The van der Waals surface area contributed by atoms with Crippen LogP contribution in [0, 0.1) is 0 Å². The molecule has 0 spiro atoms. The number of nitrogens with two attached hydrogens (primary N) is 1. The average Bonchev–Trinajstić information content (AvgIpc) is 2.81. The Morgan fingerprint density at radius 2 is 2.10 bits per heavy atom. The van der Waals surface area contributed by atoms with E-state index in [1.807, 2.05) is 24.8 Å². The summed E-state index contributed by atoms with van der Waals surface area (Å²) >= 11 is 12.1. The molecular weight excluding hydrogens is 311 g/mol. The van der Waals surface area contributed by atoms with Crippen LogP contribution in [0.25, 0.3) is 0 Å². The lowest BCUT2D eigenvalue weighted by atomic mass is 10.1. The lowest BCUT2D eigenvalue weighted by Crippen LogP contribution is -2.32. The Hall–Kier alpha value is -1.18. The Morgan fingerprint density at radius 1 is 1.33 bits per heavy atom. The van der Waals surface area contributed by atoms with Gasteiger partial charge in [0.25, 0.3) is 0 Å². The number of hydrogen-bond donors (Lipinski definition) is 2. The van der Waals surface area contributed by atoms with E-state index >= 15 is 0 Å². The van der Waals surface area contributed by atoms with Crippen molar-refractivity contribution in [2.45, 2.75) is 12.6 Å². The van der Waals surface area contributed by atoms with Gasteiger partial charge < -0.3 is 4.90 Å². The van der Waals surface area contributed by atoms with Crippen LogP contribution in [-0.2, 0) is 6.54 Å². The Balaban J connectivity index is 2.33. The van der Waals surface area contributed by atoms with Crippen molar-refractivity contribution in [1.29, 1.82) is 0 Å². The SMILES string of the molecule is CN(C)CCn1ncc(Cl)c1C(NN)c1ccc(Cl)nc1. The molecule has 1 unspecified atom stereocenters. The third-order valence-corrected chi connectivity index (χ3v) is 3.63. The van der Waals surface area contributed by atoms with Crippen molar-refractivity contribution in [2.24, 2.45) is 5.84 Å². The van der Waals surface area contributed by atoms with Crippen molar-refractivity contribution < 1.29 is 0 Å². The zero-order chi connectivity index (χ0) is 15.4. The van der Waals surface area contributed by atoms with Crippen molar-refractivity contribution in [1.82, 2.24) is 25.1 Å². The molecule has 0 saturated carbocycles. The summed E-state index contributed by atoms with van der Waals surface area (Å²) in [7, 11) is 4.01. The first-order chi connectivity index (χ1) is 10.0. The highest BCUT2D eigenvalue weighted by Crippen LogP contribution is 2.27. The zero-order valence-electron chi connectivity index (χ0n) is 11.9. The molecule has 3 N–H and O–H groups in total. The summed E-state index contributed by atoms with van der Waals surface area (Å²) in [5, 5.41) is 5.31. The first-order valence-electron chi connectivity index (χ1n) is 6.46. The highest BCUT2D eigenvalue weighted by atomic mass is 35.5. The van der Waals surface area contributed by atoms with E-state index in [4.69, 9.17) is 29.0 Å². The van der Waals surface area contributed by atoms with Crippen LogP contribution in [0.3, 0.4) is 0 Å². The van der Waals surface area contributed by atoms with Crippen molar-refractivity contribution in [3.05, 3.63) is 46.0 Å². The van der Waals surface area contributed by atoms with Gasteiger partial charge in [0.05, 0.1) is 29.5 Å². The molecule has 2 aromatic heterocycles. The molecule has 0 aromatic carbocycles. The smallest absolute Gasteiger partial charge is 0.129 e. The van der Waals surface area contributed by atoms with Crippen molar-refractivity contribution >= 4 is 23.2 Å². The fraction of sp³-hybridized carbons (Fsp3) is 0.385. The van der Waals surface area contributed by atoms with Gasteiger partial charge >= 0.3 is 0 Å². The van der Waals surface area contributed by atoms with Gasteiger partial charge in [0, 0.05) is 12.7 Å². The molecule has 0 amide bonds. The van der Waals surface area contributed by atoms with E-state index in [9.17, 15) is 0 Å². The van der Waals surface area contributed by atoms with Crippen LogP contribution in [-0.4, -0.2) is 40.3 Å². The third-order valence-electron chi connectivity index (χ3n) is 3.12. The zero-order valence-corrected chi connectivity index (χ0v) is 13.4. The molecule has 0 fully saturated rings. The molecule has 114 valence electrons. The normalized spacial score (nSPS) is 12.9. The van der Waals surface area contributed by atoms with E-state index in [1.165, 1.54) is 0 Å². The molecule has 0 radical (unpaired) electrons. The van der Waals surface area contributed by atoms with Crippen LogP contribution in [0.2, 0.25) is 10.2 Å². The molecule has 0 aliphatic rings. The lowest BCUT2D eigenvalue weighted by Gasteiger charge is -2.19. The number of halogens is 2. The Bertz CT molecular complexity index is 581. The van der Waals surface area contributed by atoms with Crippen LogP contribution in [0.15, 0.2) is 24.5 Å². The molecule has 2 rings (SSSR count). The second-order valence-electron chi connectivity index (χ2n) is 4.92. The maximum absolute atomic E-state index is 6.28. The van der Waals surface area contributed by atoms with Gasteiger partial charge in [-0.1, -0.05) is 29.3 Å².